The molecule has 8 nitrogen and oxygen atoms in total. The van der Waals surface area contributed by atoms with E-state index in [2.05, 4.69) is 31.1 Å². The van der Waals surface area contributed by atoms with E-state index in [0.29, 0.717) is 19.1 Å². The third-order valence-electron chi connectivity index (χ3n) is 4.78. The van der Waals surface area contributed by atoms with E-state index >= 15 is 0 Å². The van der Waals surface area contributed by atoms with Crippen LogP contribution in [0.4, 0.5) is 10.5 Å². The van der Waals surface area contributed by atoms with E-state index in [1.807, 2.05) is 38.1 Å². The number of rotatable bonds is 7. The van der Waals surface area contributed by atoms with Gasteiger partial charge in [-0.05, 0) is 68.7 Å². The average Bonchev–Trinajstić information content (AvgIpc) is 2.84. The number of carbonyl (C=O) groups is 1. The van der Waals surface area contributed by atoms with Gasteiger partial charge in [0.15, 0.2) is 0 Å². The van der Waals surface area contributed by atoms with Gasteiger partial charge in [-0.2, -0.15) is 0 Å². The second kappa shape index (κ2) is 16.5. The minimum atomic E-state index is -0.631. The van der Waals surface area contributed by atoms with Crippen molar-refractivity contribution in [1.82, 2.24) is 10.2 Å². The molecule has 0 aliphatic carbocycles. The van der Waals surface area contributed by atoms with Crippen LogP contribution in [-0.2, 0) is 6.54 Å². The number of likely N-dealkylation sites (tertiary alicyclic amines) is 1. The highest BCUT2D eigenvalue weighted by Crippen LogP contribution is 2.17. The zero-order chi connectivity index (χ0) is 25.3. The van der Waals surface area contributed by atoms with Crippen LogP contribution in [0.5, 0.6) is 11.5 Å². The smallest absolute Gasteiger partial charge is 0.412 e. The van der Waals surface area contributed by atoms with Crippen molar-refractivity contribution in [1.29, 1.82) is 0 Å². The lowest BCUT2D eigenvalue weighted by molar-refractivity contribution is -0.384. The minimum Gasteiger partial charge on any atom is -0.493 e. The van der Waals surface area contributed by atoms with Gasteiger partial charge in [0.05, 0.1) is 11.5 Å². The Labute approximate surface area is 203 Å². The Balaban J connectivity index is 0.000000540. The van der Waals surface area contributed by atoms with E-state index in [-0.39, 0.29) is 11.4 Å². The Bertz CT molecular complexity index is 833. The van der Waals surface area contributed by atoms with Crippen molar-refractivity contribution >= 4 is 11.8 Å². The summed E-state index contributed by atoms with van der Waals surface area (Å²) >= 11 is 0. The molecule has 188 valence electrons. The summed E-state index contributed by atoms with van der Waals surface area (Å²) < 4.78 is 10.7. The van der Waals surface area contributed by atoms with E-state index in [0.717, 1.165) is 11.3 Å². The first-order chi connectivity index (χ1) is 16.3. The molecule has 0 saturated carbocycles. The molecule has 0 radical (unpaired) electrons. The summed E-state index contributed by atoms with van der Waals surface area (Å²) in [6.07, 6.45) is 3.64. The number of nitrogens with one attached hydrogen (secondary N) is 1. The molecule has 1 aliphatic heterocycles. The first-order valence-electron chi connectivity index (χ1n) is 11.9. The number of nitro groups is 1. The zero-order valence-electron chi connectivity index (χ0n) is 21.1. The number of non-ortho nitro benzene ring substituents is 1. The van der Waals surface area contributed by atoms with Crippen LogP contribution in [0.2, 0.25) is 0 Å². The van der Waals surface area contributed by atoms with Gasteiger partial charge in [0.25, 0.3) is 5.69 Å². The molecule has 0 bridgehead atoms. The van der Waals surface area contributed by atoms with Crippen LogP contribution in [0, 0.1) is 16.0 Å². The molecule has 0 spiro atoms. The summed E-state index contributed by atoms with van der Waals surface area (Å²) in [5.74, 6) is 1.47. The number of hydrogen-bond acceptors (Lipinski definition) is 6. The zero-order valence-corrected chi connectivity index (χ0v) is 21.1. The lowest BCUT2D eigenvalue weighted by atomic mass is 10.1. The monoisotopic (exact) mass is 473 g/mol. The van der Waals surface area contributed by atoms with Crippen LogP contribution >= 0.6 is 0 Å². The third-order valence-corrected chi connectivity index (χ3v) is 4.78. The number of carbonyl (C=O) groups excluding carboxylic acids is 1. The van der Waals surface area contributed by atoms with Crippen molar-refractivity contribution in [3.05, 3.63) is 64.2 Å². The SMILES string of the molecule is CC.CC(C)COc1ccc(CNC(=O)Oc2ccc([N+](=O)[O-])cc2)cc1.CN1CCCCC1. The maximum Gasteiger partial charge on any atom is 0.412 e. The van der Waals surface area contributed by atoms with Gasteiger partial charge in [0.1, 0.15) is 11.5 Å². The summed E-state index contributed by atoms with van der Waals surface area (Å²) in [5, 5.41) is 13.2. The molecule has 1 saturated heterocycles. The Hall–Kier alpha value is -3.13. The van der Waals surface area contributed by atoms with Crippen LogP contribution in [0.1, 0.15) is 52.5 Å². The average molecular weight is 474 g/mol. The fraction of sp³-hybridized carbons (Fsp3) is 0.500. The molecule has 1 fully saturated rings. The summed E-state index contributed by atoms with van der Waals surface area (Å²) in [7, 11) is 2.19. The van der Waals surface area contributed by atoms with E-state index in [1.165, 1.54) is 56.6 Å². The van der Waals surface area contributed by atoms with Crippen molar-refractivity contribution in [2.45, 2.75) is 53.5 Å². The molecule has 1 N–H and O–H groups in total. The molecule has 2 aromatic rings. The van der Waals surface area contributed by atoms with Gasteiger partial charge in [-0.15, -0.1) is 0 Å². The Morgan fingerprint density at radius 2 is 1.56 bits per heavy atom. The fourth-order valence-corrected chi connectivity index (χ4v) is 2.97. The topological polar surface area (TPSA) is 93.9 Å². The van der Waals surface area contributed by atoms with Crippen LogP contribution in [0.15, 0.2) is 48.5 Å². The number of nitrogens with zero attached hydrogens (tertiary/aromatic N) is 2. The summed E-state index contributed by atoms with van der Waals surface area (Å²) in [6.45, 7) is 11.7. The van der Waals surface area contributed by atoms with Gasteiger partial charge >= 0.3 is 6.09 Å². The van der Waals surface area contributed by atoms with E-state index in [9.17, 15) is 14.9 Å². The van der Waals surface area contributed by atoms with Crippen molar-refractivity contribution in [2.24, 2.45) is 5.92 Å². The van der Waals surface area contributed by atoms with Gasteiger partial charge in [-0.25, -0.2) is 4.79 Å². The van der Waals surface area contributed by atoms with Gasteiger partial charge in [0, 0.05) is 18.7 Å². The molecule has 1 aliphatic rings. The standard InChI is InChI=1S/C18H20N2O5.C6H13N.C2H6/c1-13(2)12-24-16-7-3-14(4-8-16)11-19-18(21)25-17-9-5-15(6-10-17)20(22)23;1-7-5-3-2-4-6-7;1-2/h3-10,13H,11-12H2,1-2H3,(H,19,21);2-6H2,1H3;1-2H3. The molecule has 0 aromatic heterocycles. The lowest BCUT2D eigenvalue weighted by Gasteiger charge is -2.20. The molecule has 1 amide bonds. The van der Waals surface area contributed by atoms with Gasteiger partial charge in [-0.3, -0.25) is 10.1 Å². The first-order valence-corrected chi connectivity index (χ1v) is 11.9. The predicted octanol–water partition coefficient (Wildman–Crippen LogP) is 6.05. The largest absolute Gasteiger partial charge is 0.493 e. The molecular formula is C26H39N3O5. The molecule has 3 rings (SSSR count). The number of benzene rings is 2. The Morgan fingerprint density at radius 3 is 2.03 bits per heavy atom. The normalized spacial score (nSPS) is 13.0. The van der Waals surface area contributed by atoms with Crippen molar-refractivity contribution in [2.75, 3.05) is 26.7 Å². The molecular weight excluding hydrogens is 434 g/mol. The lowest BCUT2D eigenvalue weighted by Crippen LogP contribution is -2.26. The molecule has 1 heterocycles. The maximum absolute atomic E-state index is 11.8. The molecule has 0 unspecified atom stereocenters. The summed E-state index contributed by atoms with van der Waals surface area (Å²) in [6, 6.07) is 12.7. The second-order valence-corrected chi connectivity index (χ2v) is 8.21. The van der Waals surface area contributed by atoms with Crippen molar-refractivity contribution in [3.63, 3.8) is 0 Å². The molecule has 8 heteroatoms. The highest BCUT2D eigenvalue weighted by Gasteiger charge is 2.08. The maximum atomic E-state index is 11.8. The van der Waals surface area contributed by atoms with Gasteiger partial charge in [-0.1, -0.05) is 46.2 Å². The molecule has 34 heavy (non-hydrogen) atoms. The quantitative estimate of drug-likeness (QED) is 0.389. The number of piperidine rings is 1. The van der Waals surface area contributed by atoms with Gasteiger partial charge < -0.3 is 19.7 Å². The van der Waals surface area contributed by atoms with Gasteiger partial charge in [0.2, 0.25) is 0 Å². The Kier molecular flexibility index (Phi) is 14.0. The fourth-order valence-electron chi connectivity index (χ4n) is 2.97. The highest BCUT2D eigenvalue weighted by molar-refractivity contribution is 5.70. The number of ether oxygens (including phenoxy) is 2. The summed E-state index contributed by atoms with van der Waals surface area (Å²) in [5.41, 5.74) is 0.838. The van der Waals surface area contributed by atoms with E-state index in [1.54, 1.807) is 0 Å². The minimum absolute atomic E-state index is 0.0625. The first kappa shape index (κ1) is 28.9. The van der Waals surface area contributed by atoms with Crippen LogP contribution in [0.25, 0.3) is 0 Å². The Morgan fingerprint density at radius 1 is 1.00 bits per heavy atom. The summed E-state index contributed by atoms with van der Waals surface area (Å²) in [4.78, 5) is 24.2. The predicted molar refractivity (Wildman–Crippen MR) is 135 cm³/mol. The van der Waals surface area contributed by atoms with E-state index < -0.39 is 11.0 Å². The van der Waals surface area contributed by atoms with E-state index in [4.69, 9.17) is 9.47 Å². The number of nitro benzene ring substituents is 1. The van der Waals surface area contributed by atoms with Crippen LogP contribution in [-0.4, -0.2) is 42.7 Å². The highest BCUT2D eigenvalue weighted by atomic mass is 16.6. The second-order valence-electron chi connectivity index (χ2n) is 8.21. The van der Waals surface area contributed by atoms with Crippen LogP contribution < -0.4 is 14.8 Å². The van der Waals surface area contributed by atoms with Crippen molar-refractivity contribution in [3.8, 4) is 11.5 Å². The van der Waals surface area contributed by atoms with Crippen molar-refractivity contribution < 1.29 is 19.2 Å². The van der Waals surface area contributed by atoms with Crippen LogP contribution in [0.3, 0.4) is 0 Å². The number of hydrogen-bond donors (Lipinski definition) is 1. The molecule has 2 aromatic carbocycles. The number of amides is 1. The third kappa shape index (κ3) is 12.2. The molecule has 0 atom stereocenters.